The molecule has 1 saturated heterocycles. The molecule has 1 aliphatic rings. The molecule has 0 bridgehead atoms. The number of hydrogen-bond acceptors (Lipinski definition) is 6. The van der Waals surface area contributed by atoms with Gasteiger partial charge in [-0.25, -0.2) is 4.98 Å². The molecule has 7 nitrogen and oxygen atoms in total. The molecular formula is C16H18BrN7. The van der Waals surface area contributed by atoms with Crippen LogP contribution in [-0.2, 0) is 6.54 Å². The van der Waals surface area contributed by atoms with Crippen molar-refractivity contribution in [3.8, 4) is 0 Å². The molecule has 0 aliphatic carbocycles. The molecule has 24 heavy (non-hydrogen) atoms. The van der Waals surface area contributed by atoms with Crippen LogP contribution in [0.2, 0.25) is 0 Å². The molecular weight excluding hydrogens is 370 g/mol. The van der Waals surface area contributed by atoms with E-state index in [0.717, 1.165) is 46.8 Å². The second kappa shape index (κ2) is 6.74. The standard InChI is InChI=1S/C16H18BrN7/c17-13-10-21-24-15(20-8-11-2-1-4-18-7-11)6-14(23-16(13)24)22-12-3-5-19-9-12/h1-2,4,6-7,10,12,19-20H,3,5,8-9H2,(H,22,23). The van der Waals surface area contributed by atoms with Crippen molar-refractivity contribution >= 4 is 33.2 Å². The fourth-order valence-electron chi connectivity index (χ4n) is 2.82. The van der Waals surface area contributed by atoms with Gasteiger partial charge in [0.15, 0.2) is 5.65 Å². The first-order valence-electron chi connectivity index (χ1n) is 7.94. The van der Waals surface area contributed by atoms with E-state index in [9.17, 15) is 0 Å². The molecule has 4 heterocycles. The molecule has 3 N–H and O–H groups in total. The van der Waals surface area contributed by atoms with Crippen molar-refractivity contribution in [2.24, 2.45) is 0 Å². The van der Waals surface area contributed by atoms with Crippen molar-refractivity contribution in [1.82, 2.24) is 24.9 Å². The van der Waals surface area contributed by atoms with Crippen LogP contribution in [0.15, 0.2) is 41.3 Å². The number of hydrogen-bond donors (Lipinski definition) is 3. The molecule has 1 unspecified atom stereocenters. The summed E-state index contributed by atoms with van der Waals surface area (Å²) in [5, 5.41) is 14.7. The lowest BCUT2D eigenvalue weighted by Crippen LogP contribution is -2.23. The molecule has 1 atom stereocenters. The van der Waals surface area contributed by atoms with E-state index in [-0.39, 0.29) is 0 Å². The van der Waals surface area contributed by atoms with Crippen LogP contribution in [0.3, 0.4) is 0 Å². The number of pyridine rings is 1. The van der Waals surface area contributed by atoms with Crippen LogP contribution < -0.4 is 16.0 Å². The molecule has 0 spiro atoms. The highest BCUT2D eigenvalue weighted by Gasteiger charge is 2.16. The summed E-state index contributed by atoms with van der Waals surface area (Å²) in [6.45, 7) is 2.68. The number of nitrogens with zero attached hydrogens (tertiary/aromatic N) is 4. The second-order valence-electron chi connectivity index (χ2n) is 5.80. The summed E-state index contributed by atoms with van der Waals surface area (Å²) in [4.78, 5) is 8.82. The fourth-order valence-corrected chi connectivity index (χ4v) is 3.17. The van der Waals surface area contributed by atoms with Gasteiger partial charge in [-0.15, -0.1) is 0 Å². The molecule has 8 heteroatoms. The number of nitrogens with one attached hydrogen (secondary N) is 3. The minimum Gasteiger partial charge on any atom is -0.366 e. The average molecular weight is 388 g/mol. The van der Waals surface area contributed by atoms with Gasteiger partial charge in [0.05, 0.1) is 10.7 Å². The minimum atomic E-state index is 0.410. The van der Waals surface area contributed by atoms with E-state index in [1.54, 1.807) is 16.9 Å². The van der Waals surface area contributed by atoms with Gasteiger partial charge >= 0.3 is 0 Å². The molecule has 0 amide bonds. The summed E-state index contributed by atoms with van der Waals surface area (Å²) in [5.41, 5.74) is 1.91. The smallest absolute Gasteiger partial charge is 0.173 e. The van der Waals surface area contributed by atoms with Gasteiger partial charge in [-0.1, -0.05) is 6.07 Å². The average Bonchev–Trinajstić information content (AvgIpc) is 3.24. The Morgan fingerprint density at radius 2 is 2.33 bits per heavy atom. The molecule has 124 valence electrons. The van der Waals surface area contributed by atoms with Crippen LogP contribution >= 0.6 is 15.9 Å². The van der Waals surface area contributed by atoms with Crippen molar-refractivity contribution in [3.05, 3.63) is 46.8 Å². The van der Waals surface area contributed by atoms with Gasteiger partial charge in [-0.05, 0) is 40.5 Å². The van der Waals surface area contributed by atoms with Gasteiger partial charge in [0.1, 0.15) is 11.6 Å². The Bertz CT molecular complexity index is 827. The maximum Gasteiger partial charge on any atom is 0.173 e. The van der Waals surface area contributed by atoms with Crippen molar-refractivity contribution in [3.63, 3.8) is 0 Å². The summed E-state index contributed by atoms with van der Waals surface area (Å²) >= 11 is 3.52. The summed E-state index contributed by atoms with van der Waals surface area (Å²) in [6, 6.07) is 6.39. The first kappa shape index (κ1) is 15.3. The van der Waals surface area contributed by atoms with Crippen LogP contribution in [0.1, 0.15) is 12.0 Å². The Morgan fingerprint density at radius 3 is 3.12 bits per heavy atom. The van der Waals surface area contributed by atoms with Crippen molar-refractivity contribution < 1.29 is 0 Å². The molecule has 3 aromatic rings. The number of rotatable bonds is 5. The monoisotopic (exact) mass is 387 g/mol. The Hall–Kier alpha value is -2.19. The minimum absolute atomic E-state index is 0.410. The summed E-state index contributed by atoms with van der Waals surface area (Å²) < 4.78 is 2.68. The molecule has 0 radical (unpaired) electrons. The highest BCUT2D eigenvalue weighted by Crippen LogP contribution is 2.23. The van der Waals surface area contributed by atoms with Crippen LogP contribution in [-0.4, -0.2) is 38.7 Å². The molecule has 1 fully saturated rings. The van der Waals surface area contributed by atoms with E-state index in [0.29, 0.717) is 12.6 Å². The first-order valence-corrected chi connectivity index (χ1v) is 8.73. The van der Waals surface area contributed by atoms with Crippen LogP contribution in [0, 0.1) is 0 Å². The van der Waals surface area contributed by atoms with Crippen molar-refractivity contribution in [2.45, 2.75) is 19.0 Å². The van der Waals surface area contributed by atoms with Gasteiger partial charge in [-0.3, -0.25) is 4.98 Å². The Balaban J connectivity index is 1.62. The highest BCUT2D eigenvalue weighted by molar-refractivity contribution is 9.10. The van der Waals surface area contributed by atoms with Gasteiger partial charge in [-0.2, -0.15) is 9.61 Å². The lowest BCUT2D eigenvalue weighted by molar-refractivity contribution is 0.786. The zero-order valence-corrected chi connectivity index (χ0v) is 14.6. The predicted octanol–water partition coefficient (Wildman–Crippen LogP) is 2.27. The quantitative estimate of drug-likeness (QED) is 0.623. The van der Waals surface area contributed by atoms with Crippen molar-refractivity contribution in [1.29, 1.82) is 0 Å². The third-order valence-corrected chi connectivity index (χ3v) is 4.60. The maximum atomic E-state index is 4.68. The summed E-state index contributed by atoms with van der Waals surface area (Å²) in [6.07, 6.45) is 6.49. The second-order valence-corrected chi connectivity index (χ2v) is 6.66. The van der Waals surface area contributed by atoms with Gasteiger partial charge in [0.25, 0.3) is 0 Å². The van der Waals surface area contributed by atoms with Gasteiger partial charge in [0.2, 0.25) is 0 Å². The zero-order chi connectivity index (χ0) is 16.4. The third kappa shape index (κ3) is 3.20. The number of anilines is 2. The molecule has 0 aromatic carbocycles. The van der Waals surface area contributed by atoms with Crippen LogP contribution in [0.4, 0.5) is 11.6 Å². The normalized spacial score (nSPS) is 17.3. The maximum absolute atomic E-state index is 4.68. The van der Waals surface area contributed by atoms with Gasteiger partial charge in [0, 0.05) is 37.6 Å². The summed E-state index contributed by atoms with van der Waals surface area (Å²) in [5.74, 6) is 1.74. The van der Waals surface area contributed by atoms with E-state index in [4.69, 9.17) is 0 Å². The van der Waals surface area contributed by atoms with Crippen LogP contribution in [0.5, 0.6) is 0 Å². The van der Waals surface area contributed by atoms with E-state index in [2.05, 4.69) is 46.9 Å². The molecule has 1 aliphatic heterocycles. The number of aromatic nitrogens is 4. The SMILES string of the molecule is Brc1cnn2c(NCc3cccnc3)cc(NC3CCNC3)nc12. The lowest BCUT2D eigenvalue weighted by atomic mass is 10.2. The Kier molecular flexibility index (Phi) is 4.31. The predicted molar refractivity (Wildman–Crippen MR) is 97.1 cm³/mol. The van der Waals surface area contributed by atoms with Gasteiger partial charge < -0.3 is 16.0 Å². The topological polar surface area (TPSA) is 79.2 Å². The van der Waals surface area contributed by atoms with E-state index in [1.807, 2.05) is 24.4 Å². The number of fused-ring (bicyclic) bond motifs is 1. The summed E-state index contributed by atoms with van der Waals surface area (Å²) in [7, 11) is 0. The highest BCUT2D eigenvalue weighted by atomic mass is 79.9. The largest absolute Gasteiger partial charge is 0.366 e. The van der Waals surface area contributed by atoms with Crippen molar-refractivity contribution in [2.75, 3.05) is 23.7 Å². The Morgan fingerprint density at radius 1 is 1.38 bits per heavy atom. The van der Waals surface area contributed by atoms with Crippen LogP contribution in [0.25, 0.3) is 5.65 Å². The molecule has 4 rings (SSSR count). The number of halogens is 1. The van der Waals surface area contributed by atoms with E-state index < -0.39 is 0 Å². The first-order chi connectivity index (χ1) is 11.8. The molecule has 0 saturated carbocycles. The lowest BCUT2D eigenvalue weighted by Gasteiger charge is -2.15. The van der Waals surface area contributed by atoms with E-state index in [1.165, 1.54) is 0 Å². The Labute approximate surface area is 148 Å². The third-order valence-electron chi connectivity index (χ3n) is 4.04. The van der Waals surface area contributed by atoms with E-state index >= 15 is 0 Å². The zero-order valence-electron chi connectivity index (χ0n) is 13.0. The fraction of sp³-hybridized carbons (Fsp3) is 0.312. The molecule has 3 aromatic heterocycles.